The minimum atomic E-state index is -0.714. The lowest BCUT2D eigenvalue weighted by Crippen LogP contribution is -2.32. The topological polar surface area (TPSA) is 135 Å². The number of amidine groups is 1. The van der Waals surface area contributed by atoms with Gasteiger partial charge in [0.15, 0.2) is 12.4 Å². The number of ketones is 1. The molecule has 3 rings (SSSR count). The molecule has 0 unspecified atom stereocenters. The first-order valence-corrected chi connectivity index (χ1v) is 11.9. The van der Waals surface area contributed by atoms with Gasteiger partial charge in [0.2, 0.25) is 0 Å². The Morgan fingerprint density at radius 3 is 2.35 bits per heavy atom. The number of hydrogen-bond acceptors (Lipinski definition) is 8. The number of carbonyl (C=O) groups is 4. The fourth-order valence-corrected chi connectivity index (χ4v) is 3.56. The van der Waals surface area contributed by atoms with Crippen molar-refractivity contribution in [2.45, 2.75) is 40.3 Å². The Hall–Kier alpha value is -4.21. The van der Waals surface area contributed by atoms with Crippen LogP contribution in [0.4, 0.5) is 4.79 Å². The minimum Gasteiger partial charge on any atom is -0.482 e. The number of benzene rings is 2. The first kappa shape index (κ1) is 27.4. The Balaban J connectivity index is 1.56. The van der Waals surface area contributed by atoms with Gasteiger partial charge in [0.25, 0.3) is 5.91 Å². The highest BCUT2D eigenvalue weighted by Crippen LogP contribution is 2.24. The Labute approximate surface area is 215 Å². The molecule has 196 valence electrons. The number of nitrogens with one attached hydrogen (secondary N) is 2. The standard InChI is InChI=1S/C27H31N3O7/c1-16(2)14-36-27(34)29-25(28)19-7-10-22-20(11-19)12-30(26(22)33)13-23(31)18-5-8-21(9-6-18)35-15-24(32)37-17(3)4/h5-11,16-17H,12-15H2,1-4H3,(H2,28,29,34). The molecule has 0 saturated carbocycles. The van der Waals surface area contributed by atoms with Crippen LogP contribution in [-0.2, 0) is 20.8 Å². The van der Waals surface area contributed by atoms with Crippen LogP contribution in [0.1, 0.15) is 59.5 Å². The van der Waals surface area contributed by atoms with E-state index in [2.05, 4.69) is 5.32 Å². The van der Waals surface area contributed by atoms with Crippen LogP contribution in [0.25, 0.3) is 0 Å². The van der Waals surface area contributed by atoms with Gasteiger partial charge in [0.1, 0.15) is 11.6 Å². The molecule has 1 heterocycles. The lowest BCUT2D eigenvalue weighted by molar-refractivity contribution is -0.149. The van der Waals surface area contributed by atoms with Gasteiger partial charge in [-0.3, -0.25) is 20.3 Å². The zero-order chi connectivity index (χ0) is 27.1. The van der Waals surface area contributed by atoms with E-state index in [9.17, 15) is 19.2 Å². The van der Waals surface area contributed by atoms with Gasteiger partial charge in [0, 0.05) is 23.2 Å². The molecule has 2 amide bonds. The first-order valence-electron chi connectivity index (χ1n) is 11.9. The fourth-order valence-electron chi connectivity index (χ4n) is 3.56. The second kappa shape index (κ2) is 12.2. The summed E-state index contributed by atoms with van der Waals surface area (Å²) in [6.07, 6.45) is -0.946. The van der Waals surface area contributed by atoms with E-state index >= 15 is 0 Å². The molecule has 0 atom stereocenters. The molecule has 0 spiro atoms. The SMILES string of the molecule is CC(C)COC(=O)NC(=N)c1ccc2c(c1)CN(CC(=O)c1ccc(OCC(=O)OC(C)C)cc1)C2=O. The van der Waals surface area contributed by atoms with Crippen molar-refractivity contribution in [1.82, 2.24) is 10.2 Å². The molecule has 10 nitrogen and oxygen atoms in total. The second-order valence-electron chi connectivity index (χ2n) is 9.30. The molecular weight excluding hydrogens is 478 g/mol. The molecule has 0 radical (unpaired) electrons. The molecule has 1 aliphatic heterocycles. The van der Waals surface area contributed by atoms with Crippen LogP contribution in [0.2, 0.25) is 0 Å². The van der Waals surface area contributed by atoms with Crippen molar-refractivity contribution < 1.29 is 33.4 Å². The maximum atomic E-state index is 12.8. The molecule has 0 saturated heterocycles. The predicted octanol–water partition coefficient (Wildman–Crippen LogP) is 3.56. The monoisotopic (exact) mass is 509 g/mol. The van der Waals surface area contributed by atoms with Crippen molar-refractivity contribution in [3.05, 3.63) is 64.7 Å². The molecule has 2 aromatic carbocycles. The third kappa shape index (κ3) is 7.63. The van der Waals surface area contributed by atoms with Crippen molar-refractivity contribution in [3.8, 4) is 5.75 Å². The van der Waals surface area contributed by atoms with Crippen LogP contribution in [0.3, 0.4) is 0 Å². The first-order chi connectivity index (χ1) is 17.5. The Morgan fingerprint density at radius 2 is 1.70 bits per heavy atom. The number of amides is 2. The van der Waals surface area contributed by atoms with E-state index in [-0.39, 0.29) is 55.9 Å². The molecule has 0 aromatic heterocycles. The lowest BCUT2D eigenvalue weighted by atomic mass is 10.1. The van der Waals surface area contributed by atoms with Crippen molar-refractivity contribution in [2.75, 3.05) is 19.8 Å². The molecule has 0 fully saturated rings. The van der Waals surface area contributed by atoms with E-state index in [1.165, 1.54) is 4.90 Å². The number of carbonyl (C=O) groups excluding carboxylic acids is 4. The van der Waals surface area contributed by atoms with E-state index in [1.807, 2.05) is 13.8 Å². The highest BCUT2D eigenvalue weighted by Gasteiger charge is 2.29. The van der Waals surface area contributed by atoms with E-state index in [4.69, 9.17) is 19.6 Å². The fraction of sp³-hybridized carbons (Fsp3) is 0.370. The summed E-state index contributed by atoms with van der Waals surface area (Å²) < 4.78 is 15.4. The lowest BCUT2D eigenvalue weighted by Gasteiger charge is -2.14. The van der Waals surface area contributed by atoms with Crippen molar-refractivity contribution in [2.24, 2.45) is 5.92 Å². The number of nitrogens with zero attached hydrogens (tertiary/aromatic N) is 1. The third-order valence-corrected chi connectivity index (χ3v) is 5.28. The summed E-state index contributed by atoms with van der Waals surface area (Å²) in [5, 5.41) is 10.5. The van der Waals surface area contributed by atoms with Crippen LogP contribution in [-0.4, -0.2) is 60.4 Å². The van der Waals surface area contributed by atoms with Gasteiger partial charge in [-0.15, -0.1) is 0 Å². The maximum Gasteiger partial charge on any atom is 0.412 e. The third-order valence-electron chi connectivity index (χ3n) is 5.28. The summed E-state index contributed by atoms with van der Waals surface area (Å²) in [5.41, 5.74) is 1.93. The summed E-state index contributed by atoms with van der Waals surface area (Å²) in [6, 6.07) is 11.1. The van der Waals surface area contributed by atoms with E-state index in [1.54, 1.807) is 56.3 Å². The van der Waals surface area contributed by atoms with E-state index in [0.29, 0.717) is 28.0 Å². The highest BCUT2D eigenvalue weighted by molar-refractivity contribution is 6.07. The Bertz CT molecular complexity index is 1190. The summed E-state index contributed by atoms with van der Waals surface area (Å²) in [5.74, 6) is -0.575. The largest absolute Gasteiger partial charge is 0.482 e. The van der Waals surface area contributed by atoms with Crippen LogP contribution >= 0.6 is 0 Å². The van der Waals surface area contributed by atoms with Crippen LogP contribution < -0.4 is 10.1 Å². The average molecular weight is 510 g/mol. The molecule has 2 N–H and O–H groups in total. The summed E-state index contributed by atoms with van der Waals surface area (Å²) in [4.78, 5) is 50.5. The number of rotatable bonds is 10. The number of Topliss-reactive ketones (excluding diaryl/α,β-unsaturated/α-hetero) is 1. The molecule has 0 aliphatic carbocycles. The molecule has 0 bridgehead atoms. The van der Waals surface area contributed by atoms with Crippen LogP contribution in [0, 0.1) is 11.3 Å². The number of alkyl carbamates (subject to hydrolysis) is 1. The van der Waals surface area contributed by atoms with E-state index < -0.39 is 12.1 Å². The molecule has 10 heteroatoms. The van der Waals surface area contributed by atoms with Crippen molar-refractivity contribution >= 4 is 29.6 Å². The maximum absolute atomic E-state index is 12.8. The zero-order valence-corrected chi connectivity index (χ0v) is 21.3. The summed E-state index contributed by atoms with van der Waals surface area (Å²) in [7, 11) is 0. The average Bonchev–Trinajstić information content (AvgIpc) is 3.15. The summed E-state index contributed by atoms with van der Waals surface area (Å²) in [6.45, 7) is 7.39. The van der Waals surface area contributed by atoms with Gasteiger partial charge >= 0.3 is 12.1 Å². The van der Waals surface area contributed by atoms with Crippen LogP contribution in [0.15, 0.2) is 42.5 Å². The van der Waals surface area contributed by atoms with Crippen LogP contribution in [0.5, 0.6) is 5.75 Å². The zero-order valence-electron chi connectivity index (χ0n) is 21.3. The molecule has 2 aromatic rings. The Morgan fingerprint density at radius 1 is 1.03 bits per heavy atom. The van der Waals surface area contributed by atoms with Gasteiger partial charge in [0.05, 0.1) is 19.3 Å². The predicted molar refractivity (Wildman–Crippen MR) is 135 cm³/mol. The second-order valence-corrected chi connectivity index (χ2v) is 9.30. The molecule has 37 heavy (non-hydrogen) atoms. The van der Waals surface area contributed by atoms with Gasteiger partial charge < -0.3 is 19.1 Å². The number of fused-ring (bicyclic) bond motifs is 1. The normalized spacial score (nSPS) is 12.4. The van der Waals surface area contributed by atoms with Crippen molar-refractivity contribution in [3.63, 3.8) is 0 Å². The minimum absolute atomic E-state index is 0.124. The quantitative estimate of drug-likeness (QED) is 0.216. The summed E-state index contributed by atoms with van der Waals surface area (Å²) >= 11 is 0. The highest BCUT2D eigenvalue weighted by atomic mass is 16.6. The smallest absolute Gasteiger partial charge is 0.412 e. The van der Waals surface area contributed by atoms with Gasteiger partial charge in [-0.05, 0) is 61.7 Å². The van der Waals surface area contributed by atoms with E-state index in [0.717, 1.165) is 0 Å². The molecule has 1 aliphatic rings. The number of hydrogen-bond donors (Lipinski definition) is 2. The van der Waals surface area contributed by atoms with Gasteiger partial charge in [-0.1, -0.05) is 19.9 Å². The van der Waals surface area contributed by atoms with Gasteiger partial charge in [-0.25, -0.2) is 9.59 Å². The Kier molecular flexibility index (Phi) is 9.00. The number of ether oxygens (including phenoxy) is 3. The number of esters is 1. The van der Waals surface area contributed by atoms with Crippen molar-refractivity contribution in [1.29, 1.82) is 5.41 Å². The van der Waals surface area contributed by atoms with Gasteiger partial charge in [-0.2, -0.15) is 0 Å². The molecular formula is C27H31N3O7.